The van der Waals surface area contributed by atoms with E-state index in [9.17, 15) is 13.6 Å². The van der Waals surface area contributed by atoms with Crippen molar-refractivity contribution in [3.8, 4) is 5.75 Å². The summed E-state index contributed by atoms with van der Waals surface area (Å²) in [6.45, 7) is 0.0939. The Morgan fingerprint density at radius 2 is 1.85 bits per heavy atom. The van der Waals surface area contributed by atoms with E-state index in [2.05, 4.69) is 24.6 Å². The quantitative estimate of drug-likeness (QED) is 0.542. The Labute approximate surface area is 157 Å². The summed E-state index contributed by atoms with van der Waals surface area (Å²) in [7, 11) is 0. The van der Waals surface area contributed by atoms with Gasteiger partial charge < -0.3 is 9.64 Å². The molecule has 2 aliphatic heterocycles. The summed E-state index contributed by atoms with van der Waals surface area (Å²) in [6, 6.07) is 6.58. The van der Waals surface area contributed by atoms with Gasteiger partial charge in [-0.05, 0) is 57.8 Å². The normalized spacial score (nSPS) is 17.1. The third-order valence-electron chi connectivity index (χ3n) is 4.32. The molecule has 0 bridgehead atoms. The predicted octanol–water partition coefficient (Wildman–Crippen LogP) is 1.44. The van der Waals surface area contributed by atoms with Gasteiger partial charge in [-0.2, -0.15) is 8.78 Å². The number of halogens is 2. The number of amides is 1. The summed E-state index contributed by atoms with van der Waals surface area (Å²) >= 11 is 1.56. The summed E-state index contributed by atoms with van der Waals surface area (Å²) in [5.41, 5.74) is 2.51. The number of benzene rings is 1. The Kier molecular flexibility index (Phi) is 5.03. The van der Waals surface area contributed by atoms with Crippen LogP contribution in [0.2, 0.25) is 0 Å². The Morgan fingerprint density at radius 1 is 1.15 bits per heavy atom. The van der Waals surface area contributed by atoms with Crippen molar-refractivity contribution in [1.29, 1.82) is 0 Å². The molecule has 27 heavy (non-hydrogen) atoms. The summed E-state index contributed by atoms with van der Waals surface area (Å²) in [6.07, 6.45) is 1.42. The summed E-state index contributed by atoms with van der Waals surface area (Å²) in [5, 5.41) is 10.8. The maximum atomic E-state index is 12.3. The summed E-state index contributed by atoms with van der Waals surface area (Å²) in [5.74, 6) is 0.138. The lowest BCUT2D eigenvalue weighted by molar-refractivity contribution is -0.130. The van der Waals surface area contributed by atoms with Crippen molar-refractivity contribution < 1.29 is 18.3 Å². The van der Waals surface area contributed by atoms with Crippen LogP contribution in [0.4, 0.5) is 8.78 Å². The Bertz CT molecular complexity index is 825. The van der Waals surface area contributed by atoms with Gasteiger partial charge >= 0.3 is 6.61 Å². The molecule has 0 aliphatic carbocycles. The predicted molar refractivity (Wildman–Crippen MR) is 91.9 cm³/mol. The van der Waals surface area contributed by atoms with Crippen LogP contribution in [0.15, 0.2) is 46.6 Å². The van der Waals surface area contributed by atoms with Crippen LogP contribution in [0.1, 0.15) is 0 Å². The van der Waals surface area contributed by atoms with Gasteiger partial charge in [-0.1, -0.05) is 0 Å². The molecule has 0 spiro atoms. The molecule has 2 aromatic rings. The molecule has 0 fully saturated rings. The fourth-order valence-electron chi connectivity index (χ4n) is 3.11. The van der Waals surface area contributed by atoms with E-state index in [-0.39, 0.29) is 18.2 Å². The Hall–Kier alpha value is -2.53. The number of hydrogen-bond donors (Lipinski definition) is 0. The number of aromatic nitrogens is 4. The molecule has 0 unspecified atom stereocenters. The van der Waals surface area contributed by atoms with Crippen molar-refractivity contribution in [2.75, 3.05) is 26.2 Å². The van der Waals surface area contributed by atoms with Crippen LogP contribution in [-0.2, 0) is 11.3 Å². The van der Waals surface area contributed by atoms with Crippen molar-refractivity contribution in [2.45, 2.75) is 18.1 Å². The summed E-state index contributed by atoms with van der Waals surface area (Å²) < 4.78 is 32.3. The second kappa shape index (κ2) is 7.61. The SMILES string of the molecule is O=C(Cn1cnnn1)N1CC2=C(CN(Sc3ccc(OC(F)F)cc3)C2)C1. The van der Waals surface area contributed by atoms with E-state index >= 15 is 0 Å². The van der Waals surface area contributed by atoms with Crippen LogP contribution >= 0.6 is 11.9 Å². The highest BCUT2D eigenvalue weighted by atomic mass is 32.2. The molecule has 3 heterocycles. The molecule has 2 aliphatic rings. The smallest absolute Gasteiger partial charge is 0.387 e. The van der Waals surface area contributed by atoms with Crippen molar-refractivity contribution in [3.63, 3.8) is 0 Å². The molecule has 1 amide bonds. The highest BCUT2D eigenvalue weighted by Crippen LogP contribution is 2.33. The molecule has 1 aromatic heterocycles. The zero-order chi connectivity index (χ0) is 18.8. The monoisotopic (exact) mass is 394 g/mol. The highest BCUT2D eigenvalue weighted by molar-refractivity contribution is 7.97. The van der Waals surface area contributed by atoms with Crippen molar-refractivity contribution in [2.24, 2.45) is 0 Å². The fraction of sp³-hybridized carbons (Fsp3) is 0.375. The minimum atomic E-state index is -2.82. The lowest BCUT2D eigenvalue weighted by atomic mass is 10.2. The average molecular weight is 394 g/mol. The van der Waals surface area contributed by atoms with Gasteiger partial charge in [0.2, 0.25) is 5.91 Å². The van der Waals surface area contributed by atoms with Gasteiger partial charge in [0, 0.05) is 31.1 Å². The Balaban J connectivity index is 1.27. The number of carbonyl (C=O) groups excluding carboxylic acids is 1. The molecule has 0 N–H and O–H groups in total. The van der Waals surface area contributed by atoms with E-state index in [1.54, 1.807) is 24.1 Å². The van der Waals surface area contributed by atoms with E-state index in [1.807, 2.05) is 4.90 Å². The second-order valence-electron chi connectivity index (χ2n) is 6.20. The number of carbonyl (C=O) groups is 1. The van der Waals surface area contributed by atoms with Crippen molar-refractivity contribution >= 4 is 17.9 Å². The van der Waals surface area contributed by atoms with Crippen molar-refractivity contribution in [3.05, 3.63) is 41.7 Å². The molecule has 142 valence electrons. The maximum Gasteiger partial charge on any atom is 0.387 e. The first-order chi connectivity index (χ1) is 13.1. The number of ether oxygens (including phenoxy) is 1. The molecular formula is C16H16F2N6O2S. The largest absolute Gasteiger partial charge is 0.435 e. The zero-order valence-corrected chi connectivity index (χ0v) is 15.0. The van der Waals surface area contributed by atoms with Gasteiger partial charge in [0.25, 0.3) is 0 Å². The molecular weight excluding hydrogens is 378 g/mol. The van der Waals surface area contributed by atoms with E-state index < -0.39 is 6.61 Å². The number of rotatable bonds is 6. The van der Waals surface area contributed by atoms with Crippen LogP contribution in [0.25, 0.3) is 0 Å². The van der Waals surface area contributed by atoms with Gasteiger partial charge in [0.1, 0.15) is 18.6 Å². The molecule has 1 aromatic carbocycles. The van der Waals surface area contributed by atoms with Crippen LogP contribution < -0.4 is 4.74 Å². The van der Waals surface area contributed by atoms with E-state index in [0.717, 1.165) is 18.0 Å². The molecule has 8 nitrogen and oxygen atoms in total. The van der Waals surface area contributed by atoms with Crippen molar-refractivity contribution in [1.82, 2.24) is 29.4 Å². The first-order valence-corrected chi connectivity index (χ1v) is 9.00. The third kappa shape index (κ3) is 4.25. The Morgan fingerprint density at radius 3 is 2.44 bits per heavy atom. The van der Waals surface area contributed by atoms with E-state index in [0.29, 0.717) is 13.1 Å². The fourth-order valence-corrected chi connectivity index (χ4v) is 4.11. The molecule has 0 radical (unpaired) electrons. The number of alkyl halides is 2. The molecule has 11 heteroatoms. The van der Waals surface area contributed by atoms with Gasteiger partial charge in [-0.3, -0.25) is 4.79 Å². The molecule has 0 saturated carbocycles. The zero-order valence-electron chi connectivity index (χ0n) is 14.2. The van der Waals surface area contributed by atoms with Gasteiger partial charge in [-0.15, -0.1) is 5.10 Å². The first kappa shape index (κ1) is 17.9. The minimum Gasteiger partial charge on any atom is -0.435 e. The lowest BCUT2D eigenvalue weighted by Gasteiger charge is -2.22. The van der Waals surface area contributed by atoms with Gasteiger partial charge in [0.05, 0.1) is 0 Å². The molecule has 4 rings (SSSR count). The molecule has 0 atom stereocenters. The van der Waals surface area contributed by atoms with Crippen LogP contribution in [0.5, 0.6) is 5.75 Å². The molecule has 0 saturated heterocycles. The van der Waals surface area contributed by atoms with Crippen LogP contribution in [0.3, 0.4) is 0 Å². The maximum absolute atomic E-state index is 12.3. The topological polar surface area (TPSA) is 76.4 Å². The number of tetrazole rings is 1. The second-order valence-corrected chi connectivity index (χ2v) is 7.37. The van der Waals surface area contributed by atoms with E-state index in [4.69, 9.17) is 0 Å². The standard InChI is InChI=1S/C16H16F2N6O2S/c17-16(18)26-13-1-3-14(4-2-13)27-24-7-11-5-22(6-12(11)8-24)15(25)9-23-10-19-20-21-23/h1-4,10,16H,5-9H2. The third-order valence-corrected chi connectivity index (χ3v) is 5.32. The number of hydrogen-bond acceptors (Lipinski definition) is 7. The van der Waals surface area contributed by atoms with Gasteiger partial charge in [0.15, 0.2) is 0 Å². The van der Waals surface area contributed by atoms with Crippen LogP contribution in [0, 0.1) is 0 Å². The van der Waals surface area contributed by atoms with Crippen LogP contribution in [-0.4, -0.2) is 68.1 Å². The van der Waals surface area contributed by atoms with E-state index in [1.165, 1.54) is 34.3 Å². The number of nitrogens with zero attached hydrogens (tertiary/aromatic N) is 6. The highest BCUT2D eigenvalue weighted by Gasteiger charge is 2.32. The minimum absolute atomic E-state index is 0.00878. The lowest BCUT2D eigenvalue weighted by Crippen LogP contribution is -2.35. The van der Waals surface area contributed by atoms with Gasteiger partial charge in [-0.25, -0.2) is 8.99 Å². The first-order valence-electron chi connectivity index (χ1n) is 8.23. The summed E-state index contributed by atoms with van der Waals surface area (Å²) in [4.78, 5) is 15.1. The average Bonchev–Trinajstić information content (AvgIpc) is 3.32.